The van der Waals surface area contributed by atoms with E-state index in [0.29, 0.717) is 13.2 Å². The largest absolute Gasteiger partial charge is 0.492 e. The number of nitrogens with zero attached hydrogens (tertiary/aromatic N) is 2. The third kappa shape index (κ3) is 6.84. The summed E-state index contributed by atoms with van der Waals surface area (Å²) in [6.45, 7) is 2.86. The average Bonchev–Trinajstić information content (AvgIpc) is 3.50. The molecule has 7 heteroatoms. The van der Waals surface area contributed by atoms with Crippen LogP contribution in [0.15, 0.2) is 53.5 Å². The van der Waals surface area contributed by atoms with Crippen LogP contribution in [0.25, 0.3) is 0 Å². The zero-order valence-corrected chi connectivity index (χ0v) is 20.3. The maximum absolute atomic E-state index is 13.6. The van der Waals surface area contributed by atoms with Gasteiger partial charge < -0.3 is 20.3 Å². The highest BCUT2D eigenvalue weighted by atomic mass is 127. The van der Waals surface area contributed by atoms with Crippen LogP contribution in [0.5, 0.6) is 5.75 Å². The van der Waals surface area contributed by atoms with E-state index >= 15 is 0 Å². The Bertz CT molecular complexity index is 839. The van der Waals surface area contributed by atoms with Gasteiger partial charge >= 0.3 is 0 Å². The summed E-state index contributed by atoms with van der Waals surface area (Å²) in [6, 6.07) is 15.0. The molecule has 0 amide bonds. The molecule has 1 fully saturated rings. The second kappa shape index (κ2) is 11.5. The van der Waals surface area contributed by atoms with E-state index < -0.39 is 0 Å². The Kier molecular flexibility index (Phi) is 9.36. The number of para-hydroxylation sites is 1. The molecule has 2 aromatic rings. The smallest absolute Gasteiger partial charge is 0.191 e. The van der Waals surface area contributed by atoms with Crippen molar-refractivity contribution >= 4 is 29.9 Å². The molecule has 0 saturated heterocycles. The van der Waals surface area contributed by atoms with E-state index in [9.17, 15) is 4.39 Å². The number of aliphatic imine (C=N–C) groups is 1. The van der Waals surface area contributed by atoms with Crippen LogP contribution >= 0.6 is 24.0 Å². The van der Waals surface area contributed by atoms with Gasteiger partial charge in [-0.1, -0.05) is 30.3 Å². The van der Waals surface area contributed by atoms with Gasteiger partial charge in [-0.2, -0.15) is 0 Å². The van der Waals surface area contributed by atoms with Gasteiger partial charge in [0.15, 0.2) is 5.96 Å². The number of benzene rings is 2. The van der Waals surface area contributed by atoms with Gasteiger partial charge in [-0.05, 0) is 50.7 Å². The highest BCUT2D eigenvalue weighted by Crippen LogP contribution is 2.47. The van der Waals surface area contributed by atoms with E-state index in [1.807, 2.05) is 38.4 Å². The molecule has 2 aromatic carbocycles. The number of ether oxygens (including phenoxy) is 1. The summed E-state index contributed by atoms with van der Waals surface area (Å²) in [7, 11) is 5.82. The molecule has 3 rings (SSSR count). The average molecular weight is 526 g/mol. The SMILES string of the molecule is CN=C(NCc1ccccc1OCCN(C)C)NCC1(c2cccc(F)c2)CC1.I. The number of nitrogens with one attached hydrogen (secondary N) is 2. The van der Waals surface area contributed by atoms with Crippen molar-refractivity contribution in [3.63, 3.8) is 0 Å². The van der Waals surface area contributed by atoms with Crippen molar-refractivity contribution in [2.45, 2.75) is 24.8 Å². The predicted molar refractivity (Wildman–Crippen MR) is 131 cm³/mol. The lowest BCUT2D eigenvalue weighted by atomic mass is 9.96. The van der Waals surface area contributed by atoms with Gasteiger partial charge in [0.1, 0.15) is 18.2 Å². The fraction of sp³-hybridized carbons (Fsp3) is 0.435. The second-order valence-corrected chi connectivity index (χ2v) is 7.83. The topological polar surface area (TPSA) is 48.9 Å². The van der Waals surface area contributed by atoms with Crippen LogP contribution in [0.4, 0.5) is 4.39 Å². The first kappa shape index (κ1) is 24.4. The van der Waals surface area contributed by atoms with E-state index in [1.54, 1.807) is 19.2 Å². The number of guanidine groups is 1. The van der Waals surface area contributed by atoms with Crippen molar-refractivity contribution in [2.75, 3.05) is 40.8 Å². The highest BCUT2D eigenvalue weighted by Gasteiger charge is 2.44. The third-order valence-electron chi connectivity index (χ3n) is 5.32. The Morgan fingerprint density at radius 3 is 2.57 bits per heavy atom. The summed E-state index contributed by atoms with van der Waals surface area (Å²) < 4.78 is 19.5. The Morgan fingerprint density at radius 2 is 1.90 bits per heavy atom. The molecule has 30 heavy (non-hydrogen) atoms. The first-order chi connectivity index (χ1) is 14.0. The Labute approximate surface area is 196 Å². The van der Waals surface area contributed by atoms with Crippen LogP contribution in [0.2, 0.25) is 0 Å². The van der Waals surface area contributed by atoms with Gasteiger partial charge in [-0.15, -0.1) is 24.0 Å². The number of halogens is 2. The quantitative estimate of drug-likeness (QED) is 0.297. The molecule has 5 nitrogen and oxygen atoms in total. The molecule has 0 heterocycles. The molecule has 0 unspecified atom stereocenters. The summed E-state index contributed by atoms with van der Waals surface area (Å²) in [6.07, 6.45) is 2.12. The number of hydrogen-bond donors (Lipinski definition) is 2. The lowest BCUT2D eigenvalue weighted by Gasteiger charge is -2.20. The van der Waals surface area contributed by atoms with Crippen LogP contribution in [0.3, 0.4) is 0 Å². The second-order valence-electron chi connectivity index (χ2n) is 7.83. The molecule has 0 spiro atoms. The summed E-state index contributed by atoms with van der Waals surface area (Å²) in [5, 5.41) is 6.77. The van der Waals surface area contributed by atoms with Crippen molar-refractivity contribution in [1.82, 2.24) is 15.5 Å². The highest BCUT2D eigenvalue weighted by molar-refractivity contribution is 14.0. The maximum Gasteiger partial charge on any atom is 0.191 e. The molecule has 0 aliphatic heterocycles. The number of hydrogen-bond acceptors (Lipinski definition) is 3. The minimum absolute atomic E-state index is 0. The van der Waals surface area contributed by atoms with Gasteiger partial charge in [-0.3, -0.25) is 4.99 Å². The molecule has 0 aromatic heterocycles. The first-order valence-corrected chi connectivity index (χ1v) is 10.1. The lowest BCUT2D eigenvalue weighted by Crippen LogP contribution is -2.41. The molecule has 0 atom stereocenters. The van der Waals surface area contributed by atoms with Crippen LogP contribution in [0.1, 0.15) is 24.0 Å². The molecule has 1 aliphatic rings. The number of likely N-dealkylation sites (N-methyl/N-ethyl adjacent to an activating group) is 1. The molecular weight excluding hydrogens is 494 g/mol. The molecule has 164 valence electrons. The predicted octanol–water partition coefficient (Wildman–Crippen LogP) is 3.78. The van der Waals surface area contributed by atoms with Gasteiger partial charge in [0, 0.05) is 37.7 Å². The standard InChI is InChI=1S/C23H31FN4O.HI/c1-25-22(27-17-23(11-12-23)19-8-6-9-20(24)15-19)26-16-18-7-4-5-10-21(18)29-14-13-28(2)3;/h4-10,15H,11-14,16-17H2,1-3H3,(H2,25,26,27);1H. The van der Waals surface area contributed by atoms with E-state index in [1.165, 1.54) is 6.07 Å². The molecule has 1 saturated carbocycles. The lowest BCUT2D eigenvalue weighted by molar-refractivity contribution is 0.259. The van der Waals surface area contributed by atoms with Crippen LogP contribution in [0, 0.1) is 5.82 Å². The zero-order valence-electron chi connectivity index (χ0n) is 18.0. The third-order valence-corrected chi connectivity index (χ3v) is 5.32. The van der Waals surface area contributed by atoms with Gasteiger partial charge in [0.2, 0.25) is 0 Å². The summed E-state index contributed by atoms with van der Waals surface area (Å²) >= 11 is 0. The molecule has 0 radical (unpaired) electrons. The molecule has 1 aliphatic carbocycles. The fourth-order valence-corrected chi connectivity index (χ4v) is 3.32. The zero-order chi connectivity index (χ0) is 20.7. The van der Waals surface area contributed by atoms with Crippen molar-refractivity contribution < 1.29 is 9.13 Å². The minimum Gasteiger partial charge on any atom is -0.492 e. The Hall–Kier alpha value is -1.87. The molecule has 0 bridgehead atoms. The van der Waals surface area contributed by atoms with Crippen LogP contribution < -0.4 is 15.4 Å². The normalized spacial score (nSPS) is 14.8. The first-order valence-electron chi connectivity index (χ1n) is 10.1. The van der Waals surface area contributed by atoms with Crippen molar-refractivity contribution in [3.05, 3.63) is 65.5 Å². The monoisotopic (exact) mass is 526 g/mol. The van der Waals surface area contributed by atoms with E-state index in [0.717, 1.165) is 48.8 Å². The minimum atomic E-state index is -0.179. The Morgan fingerprint density at radius 1 is 1.13 bits per heavy atom. The Balaban J connectivity index is 0.00000320. The summed E-state index contributed by atoms with van der Waals surface area (Å²) in [4.78, 5) is 6.43. The van der Waals surface area contributed by atoms with Crippen molar-refractivity contribution in [1.29, 1.82) is 0 Å². The van der Waals surface area contributed by atoms with E-state index in [-0.39, 0.29) is 35.2 Å². The van der Waals surface area contributed by atoms with Gasteiger partial charge in [-0.25, -0.2) is 4.39 Å². The van der Waals surface area contributed by atoms with Gasteiger partial charge in [0.25, 0.3) is 0 Å². The summed E-state index contributed by atoms with van der Waals surface area (Å²) in [5.74, 6) is 1.44. The van der Waals surface area contributed by atoms with Crippen molar-refractivity contribution in [2.24, 2.45) is 4.99 Å². The van der Waals surface area contributed by atoms with Crippen LogP contribution in [-0.4, -0.2) is 51.7 Å². The molecule has 2 N–H and O–H groups in total. The van der Waals surface area contributed by atoms with Gasteiger partial charge in [0.05, 0.1) is 0 Å². The van der Waals surface area contributed by atoms with Crippen molar-refractivity contribution in [3.8, 4) is 5.75 Å². The fourth-order valence-electron chi connectivity index (χ4n) is 3.32. The molecular formula is C23H32FIN4O. The summed E-state index contributed by atoms with van der Waals surface area (Å²) in [5.41, 5.74) is 2.15. The van der Waals surface area contributed by atoms with E-state index in [2.05, 4.69) is 26.6 Å². The van der Waals surface area contributed by atoms with E-state index in [4.69, 9.17) is 4.74 Å². The number of rotatable bonds is 9. The maximum atomic E-state index is 13.6. The van der Waals surface area contributed by atoms with Crippen LogP contribution in [-0.2, 0) is 12.0 Å².